The molecule has 1 fully saturated rings. The Morgan fingerprint density at radius 2 is 2.32 bits per heavy atom. The molecule has 106 valence electrons. The molecule has 1 saturated carbocycles. The molecule has 1 aromatic heterocycles. The average Bonchev–Trinajstić information content (AvgIpc) is 2.70. The minimum absolute atomic E-state index is 0.0255. The summed E-state index contributed by atoms with van der Waals surface area (Å²) in [5.41, 5.74) is 0.578. The molecule has 0 aromatic carbocycles. The van der Waals surface area contributed by atoms with E-state index >= 15 is 0 Å². The molecule has 2 rings (SSSR count). The van der Waals surface area contributed by atoms with Gasteiger partial charge in [0.15, 0.2) is 0 Å². The zero-order valence-electron chi connectivity index (χ0n) is 11.5. The topological polar surface area (TPSA) is 43.3 Å². The van der Waals surface area contributed by atoms with E-state index in [1.807, 2.05) is 16.8 Å². The van der Waals surface area contributed by atoms with E-state index in [0.717, 1.165) is 30.3 Å². The molecule has 5 heteroatoms. The molecular weight excluding hydrogens is 308 g/mol. The molecule has 1 aliphatic carbocycles. The van der Waals surface area contributed by atoms with Crippen molar-refractivity contribution in [3.8, 4) is 0 Å². The number of hydrogen-bond donors (Lipinski definition) is 1. The molecular formula is C14H21BrN2O2. The lowest BCUT2D eigenvalue weighted by atomic mass is 9.80. The summed E-state index contributed by atoms with van der Waals surface area (Å²) < 4.78 is 8.44. The summed E-state index contributed by atoms with van der Waals surface area (Å²) in [6.45, 7) is 3.55. The summed E-state index contributed by atoms with van der Waals surface area (Å²) in [6, 6.07) is 1.87. The Hall–Kier alpha value is -0.810. The van der Waals surface area contributed by atoms with Crippen LogP contribution in [0.2, 0.25) is 0 Å². The second-order valence-corrected chi connectivity index (χ2v) is 6.08. The van der Waals surface area contributed by atoms with Crippen LogP contribution >= 0.6 is 15.9 Å². The lowest BCUT2D eigenvalue weighted by molar-refractivity contribution is -0.0679. The van der Waals surface area contributed by atoms with Gasteiger partial charge in [-0.1, -0.05) is 6.92 Å². The van der Waals surface area contributed by atoms with Crippen molar-refractivity contribution in [3.05, 3.63) is 22.4 Å². The van der Waals surface area contributed by atoms with Crippen molar-refractivity contribution in [3.63, 3.8) is 0 Å². The summed E-state index contributed by atoms with van der Waals surface area (Å²) in [4.78, 5) is 12.2. The van der Waals surface area contributed by atoms with E-state index in [1.165, 1.54) is 6.42 Å². The maximum atomic E-state index is 12.2. The highest BCUT2D eigenvalue weighted by molar-refractivity contribution is 9.10. The molecule has 0 bridgehead atoms. The first-order chi connectivity index (χ1) is 9.10. The van der Waals surface area contributed by atoms with Gasteiger partial charge in [-0.05, 0) is 47.7 Å². The van der Waals surface area contributed by atoms with Gasteiger partial charge in [0.25, 0.3) is 5.91 Å². The second-order valence-electron chi connectivity index (χ2n) is 5.16. The van der Waals surface area contributed by atoms with Crippen molar-refractivity contribution >= 4 is 21.8 Å². The van der Waals surface area contributed by atoms with Gasteiger partial charge in [-0.3, -0.25) is 4.79 Å². The largest absolute Gasteiger partial charge is 0.376 e. The predicted molar refractivity (Wildman–Crippen MR) is 78.3 cm³/mol. The number of nitrogens with zero attached hydrogens (tertiary/aromatic N) is 1. The smallest absolute Gasteiger partial charge is 0.268 e. The third kappa shape index (κ3) is 3.20. The van der Waals surface area contributed by atoms with Crippen LogP contribution < -0.4 is 5.32 Å². The van der Waals surface area contributed by atoms with Gasteiger partial charge in [0.05, 0.1) is 5.60 Å². The normalized spacial score (nSPS) is 17.0. The van der Waals surface area contributed by atoms with Crippen LogP contribution in [0.4, 0.5) is 0 Å². The van der Waals surface area contributed by atoms with Crippen molar-refractivity contribution in [2.24, 2.45) is 0 Å². The molecule has 0 unspecified atom stereocenters. The third-order valence-corrected chi connectivity index (χ3v) is 4.26. The van der Waals surface area contributed by atoms with Gasteiger partial charge in [-0.25, -0.2) is 0 Å². The van der Waals surface area contributed by atoms with Gasteiger partial charge < -0.3 is 14.6 Å². The average molecular weight is 329 g/mol. The molecule has 4 nitrogen and oxygen atoms in total. The Morgan fingerprint density at radius 1 is 1.58 bits per heavy atom. The summed E-state index contributed by atoms with van der Waals surface area (Å²) in [7, 11) is 1.72. The van der Waals surface area contributed by atoms with Crippen LogP contribution in [0.1, 0.15) is 43.1 Å². The van der Waals surface area contributed by atoms with Crippen LogP contribution in [-0.4, -0.2) is 29.7 Å². The van der Waals surface area contributed by atoms with Crippen LogP contribution in [0.15, 0.2) is 16.7 Å². The predicted octanol–water partition coefficient (Wildman–Crippen LogP) is 2.96. The highest BCUT2D eigenvalue weighted by atomic mass is 79.9. The third-order valence-electron chi connectivity index (χ3n) is 3.83. The van der Waals surface area contributed by atoms with Gasteiger partial charge >= 0.3 is 0 Å². The standard InChI is InChI=1S/C14H21BrN2O2/c1-3-7-17-9-11(15)8-12(17)13(18)16-10-14(19-2)5-4-6-14/h8-9H,3-7,10H2,1-2H3,(H,16,18). The van der Waals surface area contributed by atoms with Crippen LogP contribution in [0, 0.1) is 0 Å². The van der Waals surface area contributed by atoms with Crippen LogP contribution in [0.25, 0.3) is 0 Å². The quantitative estimate of drug-likeness (QED) is 0.872. The van der Waals surface area contributed by atoms with E-state index in [0.29, 0.717) is 12.2 Å². The van der Waals surface area contributed by atoms with E-state index in [1.54, 1.807) is 7.11 Å². The highest BCUT2D eigenvalue weighted by Crippen LogP contribution is 2.34. The van der Waals surface area contributed by atoms with Crippen molar-refractivity contribution in [1.29, 1.82) is 0 Å². The number of aryl methyl sites for hydroxylation is 1. The van der Waals surface area contributed by atoms with Crippen molar-refractivity contribution < 1.29 is 9.53 Å². The molecule has 0 aliphatic heterocycles. The first-order valence-electron chi connectivity index (χ1n) is 6.79. The van der Waals surface area contributed by atoms with Crippen molar-refractivity contribution in [1.82, 2.24) is 9.88 Å². The van der Waals surface area contributed by atoms with E-state index in [-0.39, 0.29) is 11.5 Å². The van der Waals surface area contributed by atoms with Crippen LogP contribution in [0.5, 0.6) is 0 Å². The first kappa shape index (κ1) is 14.6. The molecule has 1 amide bonds. The number of halogens is 1. The second kappa shape index (κ2) is 6.09. The monoisotopic (exact) mass is 328 g/mol. The van der Waals surface area contributed by atoms with E-state index in [9.17, 15) is 4.79 Å². The van der Waals surface area contributed by atoms with E-state index < -0.39 is 0 Å². The fourth-order valence-electron chi connectivity index (χ4n) is 2.45. The molecule has 0 atom stereocenters. The number of methoxy groups -OCH3 is 1. The van der Waals surface area contributed by atoms with Crippen molar-refractivity contribution in [2.45, 2.75) is 44.8 Å². The Labute approximate surface area is 122 Å². The molecule has 0 spiro atoms. The maximum Gasteiger partial charge on any atom is 0.268 e. The molecule has 1 aromatic rings. The van der Waals surface area contributed by atoms with Crippen LogP contribution in [0.3, 0.4) is 0 Å². The van der Waals surface area contributed by atoms with E-state index in [2.05, 4.69) is 28.2 Å². The summed E-state index contributed by atoms with van der Waals surface area (Å²) in [6.07, 6.45) is 6.20. The van der Waals surface area contributed by atoms with Gasteiger partial charge in [0.2, 0.25) is 0 Å². The molecule has 1 heterocycles. The molecule has 1 aliphatic rings. The van der Waals surface area contributed by atoms with Gasteiger partial charge in [0, 0.05) is 30.9 Å². The van der Waals surface area contributed by atoms with E-state index in [4.69, 9.17) is 4.74 Å². The lowest BCUT2D eigenvalue weighted by Gasteiger charge is -2.40. The van der Waals surface area contributed by atoms with Crippen molar-refractivity contribution in [2.75, 3.05) is 13.7 Å². The zero-order chi connectivity index (χ0) is 13.9. The molecule has 0 saturated heterocycles. The number of rotatable bonds is 6. The first-order valence-corrected chi connectivity index (χ1v) is 7.58. The fourth-order valence-corrected chi connectivity index (χ4v) is 2.91. The maximum absolute atomic E-state index is 12.2. The molecule has 19 heavy (non-hydrogen) atoms. The molecule has 0 radical (unpaired) electrons. The Balaban J connectivity index is 1.99. The van der Waals surface area contributed by atoms with Gasteiger partial charge in [-0.15, -0.1) is 0 Å². The summed E-state index contributed by atoms with van der Waals surface area (Å²) >= 11 is 3.42. The van der Waals surface area contributed by atoms with Crippen LogP contribution in [-0.2, 0) is 11.3 Å². The number of ether oxygens (including phenoxy) is 1. The summed E-state index contributed by atoms with van der Waals surface area (Å²) in [5, 5.41) is 3.00. The highest BCUT2D eigenvalue weighted by Gasteiger charge is 2.37. The number of nitrogens with one attached hydrogen (secondary N) is 1. The lowest BCUT2D eigenvalue weighted by Crippen LogP contribution is -2.49. The SMILES string of the molecule is CCCn1cc(Br)cc1C(=O)NCC1(OC)CCC1. The molecule has 1 N–H and O–H groups in total. The van der Waals surface area contributed by atoms with Gasteiger partial charge in [-0.2, -0.15) is 0 Å². The number of aromatic nitrogens is 1. The number of amides is 1. The number of hydrogen-bond acceptors (Lipinski definition) is 2. The fraction of sp³-hybridized carbons (Fsp3) is 0.643. The minimum atomic E-state index is -0.130. The number of carbonyl (C=O) groups is 1. The Kier molecular flexibility index (Phi) is 4.68. The minimum Gasteiger partial charge on any atom is -0.376 e. The Morgan fingerprint density at radius 3 is 2.84 bits per heavy atom. The Bertz CT molecular complexity index is 447. The summed E-state index contributed by atoms with van der Waals surface area (Å²) in [5.74, 6) is -0.0255. The zero-order valence-corrected chi connectivity index (χ0v) is 13.1. The van der Waals surface area contributed by atoms with Gasteiger partial charge in [0.1, 0.15) is 5.69 Å². The number of carbonyl (C=O) groups excluding carboxylic acids is 1.